The lowest BCUT2D eigenvalue weighted by atomic mass is 9.88. The largest absolute Gasteiger partial charge is 0.490 e. The van der Waals surface area contributed by atoms with Crippen molar-refractivity contribution in [1.82, 2.24) is 14.6 Å². The van der Waals surface area contributed by atoms with E-state index in [2.05, 4.69) is 27.7 Å². The molecule has 1 aliphatic heterocycles. The zero-order chi connectivity index (χ0) is 27.2. The van der Waals surface area contributed by atoms with Crippen molar-refractivity contribution in [3.05, 3.63) is 61.7 Å². The van der Waals surface area contributed by atoms with Crippen LogP contribution < -0.4 is 15.0 Å². The molecule has 10 heteroatoms. The van der Waals surface area contributed by atoms with Gasteiger partial charge < -0.3 is 19.1 Å². The molecule has 1 amide bonds. The van der Waals surface area contributed by atoms with Gasteiger partial charge in [0.05, 0.1) is 40.5 Å². The highest BCUT2D eigenvalue weighted by molar-refractivity contribution is 14.1. The Morgan fingerprint density at radius 2 is 1.92 bits per heavy atom. The average molecular weight is 645 g/mol. The summed E-state index contributed by atoms with van der Waals surface area (Å²) in [6, 6.07) is 11.2. The van der Waals surface area contributed by atoms with Gasteiger partial charge in [-0.05, 0) is 72.2 Å². The van der Waals surface area contributed by atoms with Crippen molar-refractivity contribution in [3.63, 3.8) is 0 Å². The van der Waals surface area contributed by atoms with Gasteiger partial charge in [-0.3, -0.25) is 9.59 Å². The number of para-hydroxylation sites is 1. The Labute approximate surface area is 241 Å². The fourth-order valence-corrected chi connectivity index (χ4v) is 5.89. The number of ether oxygens (including phenoxy) is 3. The van der Waals surface area contributed by atoms with E-state index < -0.39 is 0 Å². The molecule has 0 bridgehead atoms. The normalized spacial score (nSPS) is 16.6. The molecule has 0 radical (unpaired) electrons. The second-order valence-electron chi connectivity index (χ2n) is 9.73. The Kier molecular flexibility index (Phi) is 9.13. The monoisotopic (exact) mass is 644 g/mol. The molecule has 1 aromatic heterocycles. The lowest BCUT2D eigenvalue weighted by molar-refractivity contribution is -0.137. The minimum absolute atomic E-state index is 0.0770. The second kappa shape index (κ2) is 12.9. The number of benzene rings is 2. The molecule has 0 spiro atoms. The van der Waals surface area contributed by atoms with Crippen molar-refractivity contribution in [3.8, 4) is 11.5 Å². The Morgan fingerprint density at radius 1 is 1.15 bits per heavy atom. The van der Waals surface area contributed by atoms with Gasteiger partial charge in [-0.1, -0.05) is 31.4 Å². The molecule has 1 saturated carbocycles. The molecule has 2 fully saturated rings. The first-order valence-corrected chi connectivity index (χ1v) is 14.6. The van der Waals surface area contributed by atoms with Crippen LogP contribution in [0.1, 0.15) is 56.3 Å². The van der Waals surface area contributed by atoms with E-state index in [1.165, 1.54) is 11.1 Å². The van der Waals surface area contributed by atoms with Gasteiger partial charge in [-0.2, -0.15) is 9.78 Å². The molecule has 2 aliphatic rings. The Hall–Kier alpha value is -2.99. The van der Waals surface area contributed by atoms with Gasteiger partial charge in [0.25, 0.3) is 11.5 Å². The van der Waals surface area contributed by atoms with E-state index in [0.717, 1.165) is 40.6 Å². The maximum absolute atomic E-state index is 13.5. The molecule has 2 aromatic carbocycles. The summed E-state index contributed by atoms with van der Waals surface area (Å²) in [7, 11) is 0. The first-order chi connectivity index (χ1) is 19.0. The summed E-state index contributed by atoms with van der Waals surface area (Å²) < 4.78 is 19.4. The second-order valence-corrected chi connectivity index (χ2v) is 10.9. The highest BCUT2D eigenvalue weighted by atomic mass is 127. The predicted octanol–water partition coefficient (Wildman–Crippen LogP) is 4.57. The number of hydrogen-bond acceptors (Lipinski definition) is 7. The number of nitrogens with zero attached hydrogens (tertiary/aromatic N) is 4. The third-order valence-corrected chi connectivity index (χ3v) is 7.91. The molecule has 5 rings (SSSR count). The molecule has 1 saturated heterocycles. The first-order valence-electron chi connectivity index (χ1n) is 13.6. The number of amides is 1. The Morgan fingerprint density at radius 3 is 2.69 bits per heavy atom. The topological polar surface area (TPSA) is 95.2 Å². The molecule has 206 valence electrons. The lowest BCUT2D eigenvalue weighted by Gasteiger charge is -2.27. The molecular weight excluding hydrogens is 611 g/mol. The van der Waals surface area contributed by atoms with Crippen LogP contribution in [0.5, 0.6) is 11.5 Å². The summed E-state index contributed by atoms with van der Waals surface area (Å²) in [6.07, 6.45) is 7.13. The Balaban J connectivity index is 1.44. The van der Waals surface area contributed by atoms with Crippen molar-refractivity contribution in [1.29, 1.82) is 0 Å². The van der Waals surface area contributed by atoms with Crippen molar-refractivity contribution in [2.75, 3.05) is 39.5 Å². The van der Waals surface area contributed by atoms with Crippen LogP contribution in [-0.2, 0) is 9.53 Å². The smallest absolute Gasteiger partial charge is 0.282 e. The third-order valence-electron chi connectivity index (χ3n) is 7.11. The predicted molar refractivity (Wildman–Crippen MR) is 158 cm³/mol. The number of morpholine rings is 1. The number of carbonyl (C=O) groups is 1. The maximum atomic E-state index is 13.5. The summed E-state index contributed by atoms with van der Waals surface area (Å²) in [4.78, 5) is 32.7. The molecular formula is C29H33IN4O5. The van der Waals surface area contributed by atoms with Gasteiger partial charge >= 0.3 is 0 Å². The molecule has 1 aliphatic carbocycles. The van der Waals surface area contributed by atoms with Gasteiger partial charge in [-0.25, -0.2) is 4.98 Å². The lowest BCUT2D eigenvalue weighted by Crippen LogP contribution is -2.43. The number of hydrogen-bond donors (Lipinski definition) is 0. The van der Waals surface area contributed by atoms with E-state index in [1.807, 2.05) is 37.3 Å². The fourth-order valence-electron chi connectivity index (χ4n) is 5.11. The molecule has 3 aromatic rings. The van der Waals surface area contributed by atoms with Crippen LogP contribution in [0.2, 0.25) is 0 Å². The van der Waals surface area contributed by atoms with E-state index in [0.29, 0.717) is 55.3 Å². The Bertz CT molecular complexity index is 1410. The number of halogens is 1. The molecule has 9 nitrogen and oxygen atoms in total. The van der Waals surface area contributed by atoms with Gasteiger partial charge in [-0.15, -0.1) is 0 Å². The van der Waals surface area contributed by atoms with Crippen molar-refractivity contribution in [2.45, 2.75) is 44.9 Å². The van der Waals surface area contributed by atoms with Crippen LogP contribution in [0, 0.1) is 3.57 Å². The van der Waals surface area contributed by atoms with Crippen LogP contribution in [0.15, 0.2) is 46.3 Å². The number of carbonyl (C=O) groups excluding carboxylic acids is 1. The zero-order valence-corrected chi connectivity index (χ0v) is 24.3. The van der Waals surface area contributed by atoms with Gasteiger partial charge in [0, 0.05) is 19.0 Å². The fraction of sp³-hybridized carbons (Fsp3) is 0.448. The van der Waals surface area contributed by atoms with Crippen LogP contribution in [0.4, 0.5) is 0 Å². The van der Waals surface area contributed by atoms with Crippen LogP contribution >= 0.6 is 22.6 Å². The van der Waals surface area contributed by atoms with Crippen LogP contribution in [0.3, 0.4) is 0 Å². The summed E-state index contributed by atoms with van der Waals surface area (Å²) in [6.45, 7) is 4.47. The number of aromatic nitrogens is 2. The standard InChI is InChI=1S/C29H33IN4O5/c1-2-38-25-17-20(16-23(30)27(25)39-19-26(35)33-12-14-37-15-13-33)18-31-34-28(21-8-4-3-5-9-21)32-24-11-7-6-10-22(24)29(34)36/h6-7,10-11,16-18,21H,2-5,8-9,12-15,19H2,1H3. The maximum Gasteiger partial charge on any atom is 0.282 e. The summed E-state index contributed by atoms with van der Waals surface area (Å²) in [5.74, 6) is 1.88. The van der Waals surface area contributed by atoms with Crippen molar-refractivity contribution in [2.24, 2.45) is 5.10 Å². The van der Waals surface area contributed by atoms with E-state index in [1.54, 1.807) is 17.2 Å². The number of rotatable bonds is 8. The minimum atomic E-state index is -0.168. The van der Waals surface area contributed by atoms with Crippen LogP contribution in [0.25, 0.3) is 10.9 Å². The third kappa shape index (κ3) is 6.43. The van der Waals surface area contributed by atoms with E-state index >= 15 is 0 Å². The van der Waals surface area contributed by atoms with Crippen LogP contribution in [-0.4, -0.2) is 66.2 Å². The minimum Gasteiger partial charge on any atom is -0.490 e. The quantitative estimate of drug-likeness (QED) is 0.264. The molecule has 39 heavy (non-hydrogen) atoms. The van der Waals surface area contributed by atoms with E-state index in [4.69, 9.17) is 19.2 Å². The molecule has 0 unspecified atom stereocenters. The summed E-state index contributed by atoms with van der Waals surface area (Å²) in [5, 5.41) is 5.20. The first kappa shape index (κ1) is 27.6. The van der Waals surface area contributed by atoms with Gasteiger partial charge in [0.2, 0.25) is 0 Å². The van der Waals surface area contributed by atoms with E-state index in [9.17, 15) is 9.59 Å². The van der Waals surface area contributed by atoms with Crippen molar-refractivity contribution < 1.29 is 19.0 Å². The summed E-state index contributed by atoms with van der Waals surface area (Å²) >= 11 is 2.17. The zero-order valence-electron chi connectivity index (χ0n) is 22.1. The van der Waals surface area contributed by atoms with Crippen molar-refractivity contribution >= 4 is 45.6 Å². The molecule has 0 N–H and O–H groups in total. The highest BCUT2D eigenvalue weighted by Gasteiger charge is 2.23. The van der Waals surface area contributed by atoms with Gasteiger partial charge in [0.15, 0.2) is 18.1 Å². The van der Waals surface area contributed by atoms with E-state index in [-0.39, 0.29) is 24.0 Å². The number of fused-ring (bicyclic) bond motifs is 1. The summed E-state index contributed by atoms with van der Waals surface area (Å²) in [5.41, 5.74) is 1.29. The highest BCUT2D eigenvalue weighted by Crippen LogP contribution is 2.34. The average Bonchev–Trinajstić information content (AvgIpc) is 2.97. The SMILES string of the molecule is CCOc1cc(C=Nn2c(C3CCCCC3)nc3ccccc3c2=O)cc(I)c1OCC(=O)N1CCOCC1. The van der Waals surface area contributed by atoms with Gasteiger partial charge in [0.1, 0.15) is 5.82 Å². The molecule has 2 heterocycles. The molecule has 0 atom stereocenters.